The molecule has 0 spiro atoms. The number of benzene rings is 1. The Bertz CT molecular complexity index is 855. The van der Waals surface area contributed by atoms with E-state index >= 15 is 0 Å². The monoisotopic (exact) mass is 401 g/mol. The number of tetrazole rings is 1. The highest BCUT2D eigenvalue weighted by Crippen LogP contribution is 2.49. The molecule has 4 unspecified atom stereocenters. The first-order valence-electron chi connectivity index (χ1n) is 9.90. The summed E-state index contributed by atoms with van der Waals surface area (Å²) in [7, 11) is 1.62. The summed E-state index contributed by atoms with van der Waals surface area (Å²) >= 11 is 1.34. The van der Waals surface area contributed by atoms with Crippen LogP contribution in [0.3, 0.4) is 0 Å². The molecule has 4 rings (SSSR count). The maximum absolute atomic E-state index is 12.5. The van der Waals surface area contributed by atoms with Crippen molar-refractivity contribution in [2.45, 2.75) is 50.7 Å². The third-order valence-electron chi connectivity index (χ3n) is 6.16. The summed E-state index contributed by atoms with van der Waals surface area (Å²) in [5, 5.41) is 15.7. The van der Waals surface area contributed by atoms with Crippen molar-refractivity contribution in [3.8, 4) is 11.4 Å². The van der Waals surface area contributed by atoms with E-state index in [0.29, 0.717) is 22.6 Å². The lowest BCUT2D eigenvalue weighted by Crippen LogP contribution is -2.40. The molecule has 28 heavy (non-hydrogen) atoms. The van der Waals surface area contributed by atoms with Gasteiger partial charge < -0.3 is 10.1 Å². The first kappa shape index (κ1) is 19.2. The number of hydrogen-bond acceptors (Lipinski definition) is 6. The Morgan fingerprint density at radius 3 is 2.96 bits per heavy atom. The van der Waals surface area contributed by atoms with Crippen LogP contribution in [-0.2, 0) is 4.79 Å². The molecule has 2 saturated carbocycles. The molecule has 2 bridgehead atoms. The van der Waals surface area contributed by atoms with Crippen molar-refractivity contribution in [2.24, 2.45) is 17.8 Å². The molecule has 1 aromatic heterocycles. The van der Waals surface area contributed by atoms with Crippen LogP contribution in [0.1, 0.15) is 38.2 Å². The standard InChI is InChI=1S/C20H27N5O2S/c1-12-4-7-18(27-3)17(8-12)25-20(22-23-24-25)28-11-19(26)21-13(2)16-10-14-5-6-15(16)9-14/h4,7-8,13-16H,5-6,9-11H2,1-3H3,(H,21,26). The van der Waals surface area contributed by atoms with E-state index in [1.807, 2.05) is 25.1 Å². The highest BCUT2D eigenvalue weighted by Gasteiger charge is 2.42. The molecule has 2 aliphatic rings. The van der Waals surface area contributed by atoms with Gasteiger partial charge in [0.05, 0.1) is 12.9 Å². The number of carbonyl (C=O) groups is 1. The SMILES string of the molecule is COc1ccc(C)cc1-n1nnnc1SCC(=O)NC(C)C1CC2CCC1C2. The second-order valence-corrected chi connectivity index (χ2v) is 8.97. The van der Waals surface area contributed by atoms with Gasteiger partial charge >= 0.3 is 0 Å². The Morgan fingerprint density at radius 1 is 1.39 bits per heavy atom. The van der Waals surface area contributed by atoms with Gasteiger partial charge in [0.15, 0.2) is 0 Å². The predicted molar refractivity (Wildman–Crippen MR) is 108 cm³/mol. The first-order valence-corrected chi connectivity index (χ1v) is 10.9. The summed E-state index contributed by atoms with van der Waals surface area (Å²) in [4.78, 5) is 12.5. The van der Waals surface area contributed by atoms with Crippen LogP contribution < -0.4 is 10.1 Å². The third kappa shape index (κ3) is 3.87. The molecular weight excluding hydrogens is 374 g/mol. The van der Waals surface area contributed by atoms with Crippen molar-refractivity contribution in [1.29, 1.82) is 0 Å². The molecule has 1 amide bonds. The number of aryl methyl sites for hydroxylation is 1. The van der Waals surface area contributed by atoms with Crippen LogP contribution in [-0.4, -0.2) is 45.0 Å². The lowest BCUT2D eigenvalue weighted by atomic mass is 9.84. The van der Waals surface area contributed by atoms with E-state index in [0.717, 1.165) is 23.1 Å². The Labute approximate surface area is 169 Å². The summed E-state index contributed by atoms with van der Waals surface area (Å²) in [5.41, 5.74) is 1.85. The van der Waals surface area contributed by atoms with E-state index in [-0.39, 0.29) is 11.9 Å². The lowest BCUT2D eigenvalue weighted by molar-refractivity contribution is -0.119. The molecule has 150 valence electrons. The summed E-state index contributed by atoms with van der Waals surface area (Å²) in [6.45, 7) is 4.15. The van der Waals surface area contributed by atoms with Crippen molar-refractivity contribution in [2.75, 3.05) is 12.9 Å². The third-order valence-corrected chi connectivity index (χ3v) is 7.08. The zero-order chi connectivity index (χ0) is 19.7. The summed E-state index contributed by atoms with van der Waals surface area (Å²) in [5.74, 6) is 3.33. The molecular formula is C20H27N5O2S. The molecule has 2 aromatic rings. The summed E-state index contributed by atoms with van der Waals surface area (Å²) in [6.07, 6.45) is 5.33. The van der Waals surface area contributed by atoms with Crippen LogP contribution in [0.15, 0.2) is 23.4 Å². The first-order chi connectivity index (χ1) is 13.5. The number of thioether (sulfide) groups is 1. The van der Waals surface area contributed by atoms with Gasteiger partial charge in [-0.25, -0.2) is 0 Å². The van der Waals surface area contributed by atoms with Crippen molar-refractivity contribution < 1.29 is 9.53 Å². The Morgan fingerprint density at radius 2 is 2.25 bits per heavy atom. The summed E-state index contributed by atoms with van der Waals surface area (Å²) in [6, 6.07) is 6.07. The van der Waals surface area contributed by atoms with Gasteiger partial charge in [0.2, 0.25) is 11.1 Å². The number of nitrogens with zero attached hydrogens (tertiary/aromatic N) is 4. The van der Waals surface area contributed by atoms with Gasteiger partial charge in [-0.3, -0.25) is 4.79 Å². The van der Waals surface area contributed by atoms with Gasteiger partial charge in [-0.1, -0.05) is 24.2 Å². The largest absolute Gasteiger partial charge is 0.494 e. The molecule has 7 nitrogen and oxygen atoms in total. The van der Waals surface area contributed by atoms with Crippen molar-refractivity contribution in [3.05, 3.63) is 23.8 Å². The molecule has 2 aliphatic carbocycles. The average molecular weight is 402 g/mol. The smallest absolute Gasteiger partial charge is 0.230 e. The number of amides is 1. The van der Waals surface area contributed by atoms with Crippen LogP contribution in [0.5, 0.6) is 5.75 Å². The van der Waals surface area contributed by atoms with E-state index < -0.39 is 0 Å². The average Bonchev–Trinajstić information content (AvgIpc) is 3.42. The number of hydrogen-bond donors (Lipinski definition) is 1. The maximum Gasteiger partial charge on any atom is 0.230 e. The van der Waals surface area contributed by atoms with E-state index in [1.165, 1.54) is 37.4 Å². The zero-order valence-electron chi connectivity index (χ0n) is 16.6. The quantitative estimate of drug-likeness (QED) is 0.718. The molecule has 4 atom stereocenters. The van der Waals surface area contributed by atoms with Crippen LogP contribution >= 0.6 is 11.8 Å². The number of rotatable bonds is 7. The molecule has 2 fully saturated rings. The highest BCUT2D eigenvalue weighted by molar-refractivity contribution is 7.99. The van der Waals surface area contributed by atoms with E-state index in [4.69, 9.17) is 4.74 Å². The van der Waals surface area contributed by atoms with Crippen molar-refractivity contribution in [3.63, 3.8) is 0 Å². The van der Waals surface area contributed by atoms with Crippen LogP contribution in [0.2, 0.25) is 0 Å². The van der Waals surface area contributed by atoms with Gasteiger partial charge in [-0.2, -0.15) is 4.68 Å². The lowest BCUT2D eigenvalue weighted by Gasteiger charge is -2.28. The Balaban J connectivity index is 1.38. The Hall–Kier alpha value is -2.09. The molecule has 8 heteroatoms. The number of fused-ring (bicyclic) bond motifs is 2. The fraction of sp³-hybridized carbons (Fsp3) is 0.600. The van der Waals surface area contributed by atoms with Gasteiger partial charge in [0.1, 0.15) is 11.4 Å². The predicted octanol–water partition coefficient (Wildman–Crippen LogP) is 3.01. The molecule has 0 saturated heterocycles. The van der Waals surface area contributed by atoms with E-state index in [9.17, 15) is 4.79 Å². The molecule has 1 N–H and O–H groups in total. The number of aromatic nitrogens is 4. The minimum Gasteiger partial charge on any atom is -0.494 e. The minimum absolute atomic E-state index is 0.0334. The molecule has 0 aliphatic heterocycles. The van der Waals surface area contributed by atoms with Gasteiger partial charge in [0.25, 0.3) is 0 Å². The maximum atomic E-state index is 12.5. The zero-order valence-corrected chi connectivity index (χ0v) is 17.4. The van der Waals surface area contributed by atoms with Crippen molar-refractivity contribution in [1.82, 2.24) is 25.5 Å². The van der Waals surface area contributed by atoms with Gasteiger partial charge in [-0.15, -0.1) is 5.10 Å². The minimum atomic E-state index is 0.0334. The molecule has 1 heterocycles. The van der Waals surface area contributed by atoms with Crippen LogP contribution in [0.25, 0.3) is 5.69 Å². The normalized spacial score (nSPS) is 24.3. The second-order valence-electron chi connectivity index (χ2n) is 8.03. The van der Waals surface area contributed by atoms with Gasteiger partial charge in [-0.05, 0) is 79.0 Å². The fourth-order valence-electron chi connectivity index (χ4n) is 4.82. The Kier molecular flexibility index (Phi) is 5.57. The number of carbonyl (C=O) groups excluding carboxylic acids is 1. The fourth-order valence-corrected chi connectivity index (χ4v) is 5.52. The summed E-state index contributed by atoms with van der Waals surface area (Å²) < 4.78 is 7.06. The van der Waals surface area contributed by atoms with Crippen molar-refractivity contribution >= 4 is 17.7 Å². The number of methoxy groups -OCH3 is 1. The second kappa shape index (κ2) is 8.11. The van der Waals surface area contributed by atoms with E-state index in [1.54, 1.807) is 11.8 Å². The molecule has 1 aromatic carbocycles. The highest BCUT2D eigenvalue weighted by atomic mass is 32.2. The van der Waals surface area contributed by atoms with Gasteiger partial charge in [0, 0.05) is 6.04 Å². The topological polar surface area (TPSA) is 81.9 Å². The van der Waals surface area contributed by atoms with E-state index in [2.05, 4.69) is 27.8 Å². The number of ether oxygens (including phenoxy) is 1. The van der Waals surface area contributed by atoms with Crippen LogP contribution in [0, 0.1) is 24.7 Å². The number of nitrogens with one attached hydrogen (secondary N) is 1. The van der Waals surface area contributed by atoms with Crippen LogP contribution in [0.4, 0.5) is 0 Å². The molecule has 0 radical (unpaired) electrons.